The van der Waals surface area contributed by atoms with Crippen LogP contribution in [-0.2, 0) is 17.6 Å². The highest BCUT2D eigenvalue weighted by Gasteiger charge is 2.15. The number of rotatable bonds is 6. The van der Waals surface area contributed by atoms with E-state index < -0.39 is 0 Å². The number of benzene rings is 1. The number of methoxy groups -OCH3 is 1. The minimum atomic E-state index is -0.0547. The highest BCUT2D eigenvalue weighted by Crippen LogP contribution is 2.27. The van der Waals surface area contributed by atoms with E-state index in [1.807, 2.05) is 30.3 Å². The number of fused-ring (bicyclic) bond motifs is 1. The molecule has 5 nitrogen and oxygen atoms in total. The molecule has 0 unspecified atom stereocenters. The Bertz CT molecular complexity index is 844. The zero-order chi connectivity index (χ0) is 19.1. The molecule has 1 aromatic heterocycles. The molecule has 1 aliphatic carbocycles. The summed E-state index contributed by atoms with van der Waals surface area (Å²) in [5, 5.41) is 13.1. The molecule has 0 saturated heterocycles. The summed E-state index contributed by atoms with van der Waals surface area (Å²) < 4.78 is 5.11. The van der Waals surface area contributed by atoms with E-state index in [0.717, 1.165) is 47.8 Å². The van der Waals surface area contributed by atoms with E-state index in [1.54, 1.807) is 7.11 Å². The third-order valence-electron chi connectivity index (χ3n) is 4.58. The number of ether oxygens (including phenoxy) is 1. The summed E-state index contributed by atoms with van der Waals surface area (Å²) >= 11 is 1.48. The smallest absolute Gasteiger partial charge is 0.225 e. The molecular weight excluding hydrogens is 358 g/mol. The van der Waals surface area contributed by atoms with Gasteiger partial charge in [0.15, 0.2) is 0 Å². The second kappa shape index (κ2) is 9.43. The van der Waals surface area contributed by atoms with Crippen molar-refractivity contribution in [2.45, 2.75) is 43.6 Å². The van der Waals surface area contributed by atoms with Crippen molar-refractivity contribution in [3.63, 3.8) is 0 Å². The van der Waals surface area contributed by atoms with Crippen molar-refractivity contribution in [1.82, 2.24) is 4.98 Å². The number of nitriles is 1. The Morgan fingerprint density at radius 3 is 2.78 bits per heavy atom. The minimum absolute atomic E-state index is 0.0547. The predicted octanol–water partition coefficient (Wildman–Crippen LogP) is 4.35. The molecule has 0 fully saturated rings. The van der Waals surface area contributed by atoms with Crippen molar-refractivity contribution < 1.29 is 9.53 Å². The average Bonchev–Trinajstić information content (AvgIpc) is 2.92. The molecule has 0 spiro atoms. The summed E-state index contributed by atoms with van der Waals surface area (Å²) in [4.78, 5) is 16.9. The quantitative estimate of drug-likeness (QED) is 0.595. The molecule has 140 valence electrons. The number of aryl methyl sites for hydroxylation is 2. The van der Waals surface area contributed by atoms with Crippen LogP contribution in [0.2, 0.25) is 0 Å². The fourth-order valence-electron chi connectivity index (χ4n) is 3.12. The minimum Gasteiger partial charge on any atom is -0.497 e. The van der Waals surface area contributed by atoms with Crippen LogP contribution in [0.25, 0.3) is 0 Å². The maximum Gasteiger partial charge on any atom is 0.225 e. The Balaban J connectivity index is 1.57. The third kappa shape index (κ3) is 5.24. The highest BCUT2D eigenvalue weighted by molar-refractivity contribution is 7.99. The highest BCUT2D eigenvalue weighted by atomic mass is 32.2. The van der Waals surface area contributed by atoms with E-state index in [0.29, 0.717) is 17.7 Å². The Morgan fingerprint density at radius 1 is 1.26 bits per heavy atom. The monoisotopic (exact) mass is 381 g/mol. The fourth-order valence-corrected chi connectivity index (χ4v) is 4.04. The number of nitrogens with zero attached hydrogens (tertiary/aromatic N) is 2. The molecule has 1 amide bonds. The molecule has 3 rings (SSSR count). The van der Waals surface area contributed by atoms with Crippen LogP contribution in [0.1, 0.15) is 42.5 Å². The van der Waals surface area contributed by atoms with Gasteiger partial charge in [-0.25, -0.2) is 4.98 Å². The Kier molecular flexibility index (Phi) is 6.72. The van der Waals surface area contributed by atoms with Crippen LogP contribution in [0.5, 0.6) is 5.75 Å². The van der Waals surface area contributed by atoms with Gasteiger partial charge in [-0.2, -0.15) is 5.26 Å². The third-order valence-corrected chi connectivity index (χ3v) is 5.57. The number of thioether (sulfide) groups is 1. The van der Waals surface area contributed by atoms with Crippen LogP contribution in [0, 0.1) is 11.3 Å². The number of nitrogens with one attached hydrogen (secondary N) is 1. The van der Waals surface area contributed by atoms with Gasteiger partial charge in [-0.15, -0.1) is 11.8 Å². The van der Waals surface area contributed by atoms with Gasteiger partial charge in [0, 0.05) is 23.6 Å². The maximum atomic E-state index is 12.1. The molecule has 2 aromatic rings. The maximum absolute atomic E-state index is 12.1. The number of aromatic nitrogens is 1. The summed E-state index contributed by atoms with van der Waals surface area (Å²) in [5.74, 6) is 1.28. The molecule has 0 bridgehead atoms. The van der Waals surface area contributed by atoms with Gasteiger partial charge in [-0.05, 0) is 61.6 Å². The van der Waals surface area contributed by atoms with Crippen LogP contribution in [0.4, 0.5) is 5.69 Å². The normalized spacial score (nSPS) is 13.2. The zero-order valence-corrected chi connectivity index (χ0v) is 16.3. The second-order valence-electron chi connectivity index (χ2n) is 6.49. The first-order valence-electron chi connectivity index (χ1n) is 9.19. The molecule has 6 heteroatoms. The average molecular weight is 382 g/mol. The first-order valence-corrected chi connectivity index (χ1v) is 10.2. The van der Waals surface area contributed by atoms with E-state index in [4.69, 9.17) is 9.72 Å². The van der Waals surface area contributed by atoms with E-state index >= 15 is 0 Å². The number of amides is 1. The van der Waals surface area contributed by atoms with Gasteiger partial charge >= 0.3 is 0 Å². The zero-order valence-electron chi connectivity index (χ0n) is 15.5. The number of hydrogen-bond donors (Lipinski definition) is 1. The second-order valence-corrected chi connectivity index (χ2v) is 7.58. The fraction of sp³-hybridized carbons (Fsp3) is 0.381. The lowest BCUT2D eigenvalue weighted by Crippen LogP contribution is -2.12. The van der Waals surface area contributed by atoms with Gasteiger partial charge in [0.2, 0.25) is 5.91 Å². The molecule has 0 saturated carbocycles. The van der Waals surface area contributed by atoms with Gasteiger partial charge in [-0.3, -0.25) is 4.79 Å². The molecule has 27 heavy (non-hydrogen) atoms. The van der Waals surface area contributed by atoms with Crippen LogP contribution in [-0.4, -0.2) is 23.8 Å². The first-order chi connectivity index (χ1) is 13.2. The summed E-state index contributed by atoms with van der Waals surface area (Å²) in [7, 11) is 1.61. The lowest BCUT2D eigenvalue weighted by molar-refractivity contribution is -0.115. The van der Waals surface area contributed by atoms with E-state index in [9.17, 15) is 10.1 Å². The van der Waals surface area contributed by atoms with Crippen LogP contribution in [0.3, 0.4) is 0 Å². The Morgan fingerprint density at radius 2 is 2.04 bits per heavy atom. The van der Waals surface area contributed by atoms with Gasteiger partial charge in [0.05, 0.1) is 12.7 Å². The van der Waals surface area contributed by atoms with Crippen LogP contribution >= 0.6 is 11.8 Å². The van der Waals surface area contributed by atoms with Crippen molar-refractivity contribution in [3.8, 4) is 11.8 Å². The van der Waals surface area contributed by atoms with Crippen LogP contribution in [0.15, 0.2) is 35.4 Å². The van der Waals surface area contributed by atoms with Gasteiger partial charge in [0.1, 0.15) is 16.8 Å². The summed E-state index contributed by atoms with van der Waals surface area (Å²) in [6, 6.07) is 11.5. The Labute approximate surface area is 164 Å². The van der Waals surface area contributed by atoms with Gasteiger partial charge in [-0.1, -0.05) is 6.42 Å². The predicted molar refractivity (Wildman–Crippen MR) is 107 cm³/mol. The molecule has 1 aromatic carbocycles. The molecule has 1 aliphatic rings. The molecule has 1 heterocycles. The molecular formula is C21H23N3O2S. The number of pyridine rings is 1. The molecule has 0 atom stereocenters. The molecule has 0 aliphatic heterocycles. The lowest BCUT2D eigenvalue weighted by atomic mass is 10.1. The summed E-state index contributed by atoms with van der Waals surface area (Å²) in [5.41, 5.74) is 3.70. The Hall–Kier alpha value is -2.52. The van der Waals surface area contributed by atoms with Crippen LogP contribution < -0.4 is 10.1 Å². The largest absolute Gasteiger partial charge is 0.497 e. The SMILES string of the molecule is COc1ccc(NC(=O)CCSc2nc3c(cc2C#N)CCCCC3)cc1. The first kappa shape index (κ1) is 19.2. The number of carbonyl (C=O) groups excluding carboxylic acids is 1. The van der Waals surface area contributed by atoms with Crippen molar-refractivity contribution in [1.29, 1.82) is 5.26 Å². The van der Waals surface area contributed by atoms with Gasteiger partial charge < -0.3 is 10.1 Å². The van der Waals surface area contributed by atoms with Crippen molar-refractivity contribution in [3.05, 3.63) is 47.2 Å². The van der Waals surface area contributed by atoms with E-state index in [2.05, 4.69) is 11.4 Å². The van der Waals surface area contributed by atoms with E-state index in [-0.39, 0.29) is 5.91 Å². The molecule has 0 radical (unpaired) electrons. The van der Waals surface area contributed by atoms with Crippen molar-refractivity contribution >= 4 is 23.4 Å². The molecule has 1 N–H and O–H groups in total. The number of carbonyl (C=O) groups is 1. The standard InChI is InChI=1S/C21H23N3O2S/c1-26-18-9-7-17(8-10-18)23-20(25)11-12-27-21-16(14-22)13-15-5-3-2-4-6-19(15)24-21/h7-10,13H,2-6,11-12H2,1H3,(H,23,25). The van der Waals surface area contributed by atoms with E-state index in [1.165, 1.54) is 23.7 Å². The van der Waals surface area contributed by atoms with Crippen molar-refractivity contribution in [2.75, 3.05) is 18.2 Å². The van der Waals surface area contributed by atoms with Gasteiger partial charge in [0.25, 0.3) is 0 Å². The topological polar surface area (TPSA) is 75.0 Å². The van der Waals surface area contributed by atoms with Crippen molar-refractivity contribution in [2.24, 2.45) is 0 Å². The number of hydrogen-bond acceptors (Lipinski definition) is 5. The summed E-state index contributed by atoms with van der Waals surface area (Å²) in [6.07, 6.45) is 5.88. The lowest BCUT2D eigenvalue weighted by Gasteiger charge is -2.10. The number of anilines is 1. The summed E-state index contributed by atoms with van der Waals surface area (Å²) in [6.45, 7) is 0.